The van der Waals surface area contributed by atoms with E-state index in [9.17, 15) is 9.59 Å². The third-order valence-corrected chi connectivity index (χ3v) is 7.01. The first-order valence-corrected chi connectivity index (χ1v) is 10.0. The van der Waals surface area contributed by atoms with Crippen molar-refractivity contribution in [2.24, 2.45) is 17.3 Å². The molecular formula is C20H23ClN2O4. The second-order valence-corrected chi connectivity index (χ2v) is 9.50. The third kappa shape index (κ3) is 2.94. The fourth-order valence-electron chi connectivity index (χ4n) is 5.90. The van der Waals surface area contributed by atoms with E-state index in [-0.39, 0.29) is 17.4 Å². The van der Waals surface area contributed by atoms with E-state index in [1.165, 1.54) is 6.42 Å². The van der Waals surface area contributed by atoms with E-state index in [4.69, 9.17) is 21.1 Å². The number of amides is 2. The van der Waals surface area contributed by atoms with Crippen LogP contribution < -0.4 is 20.3 Å². The van der Waals surface area contributed by atoms with Gasteiger partial charge in [0, 0.05) is 4.87 Å². The summed E-state index contributed by atoms with van der Waals surface area (Å²) in [7, 11) is 0. The van der Waals surface area contributed by atoms with Gasteiger partial charge in [-0.25, -0.2) is 0 Å². The molecule has 1 aromatic rings. The minimum atomic E-state index is -0.795. The van der Waals surface area contributed by atoms with Crippen LogP contribution in [0, 0.1) is 17.3 Å². The van der Waals surface area contributed by atoms with Gasteiger partial charge in [-0.1, -0.05) is 12.1 Å². The highest BCUT2D eigenvalue weighted by molar-refractivity contribution is 6.24. The van der Waals surface area contributed by atoms with Gasteiger partial charge in [0.2, 0.25) is 12.0 Å². The number of alkyl halides is 1. The summed E-state index contributed by atoms with van der Waals surface area (Å²) in [5, 5.41) is 0. The molecule has 4 aliphatic carbocycles. The highest BCUT2D eigenvalue weighted by Crippen LogP contribution is 2.63. The predicted octanol–water partition coefficient (Wildman–Crippen LogP) is 2.55. The molecule has 0 saturated heterocycles. The van der Waals surface area contributed by atoms with E-state index >= 15 is 0 Å². The molecule has 0 radical (unpaired) electrons. The topological polar surface area (TPSA) is 76.7 Å². The lowest BCUT2D eigenvalue weighted by Gasteiger charge is -2.59. The molecule has 6 rings (SSSR count). The highest BCUT2D eigenvalue weighted by atomic mass is 35.5. The first-order chi connectivity index (χ1) is 12.9. The molecule has 4 bridgehead atoms. The Balaban J connectivity index is 1.22. The molecular weight excluding hydrogens is 368 g/mol. The zero-order valence-electron chi connectivity index (χ0n) is 15.0. The van der Waals surface area contributed by atoms with Crippen LogP contribution >= 0.6 is 11.6 Å². The number of halogens is 1. The zero-order valence-corrected chi connectivity index (χ0v) is 15.8. The molecule has 4 saturated carbocycles. The summed E-state index contributed by atoms with van der Waals surface area (Å²) in [6, 6.07) is 7.21. The maximum absolute atomic E-state index is 13.0. The molecule has 1 heterocycles. The van der Waals surface area contributed by atoms with E-state index in [2.05, 4.69) is 10.9 Å². The number of benzene rings is 1. The summed E-state index contributed by atoms with van der Waals surface area (Å²) in [4.78, 5) is 25.2. The summed E-state index contributed by atoms with van der Waals surface area (Å²) in [6.45, 7) is 0.110. The number of nitrogens with one attached hydrogen (secondary N) is 2. The van der Waals surface area contributed by atoms with Gasteiger partial charge in [-0.2, -0.15) is 0 Å². The third-order valence-electron chi connectivity index (χ3n) is 6.57. The van der Waals surface area contributed by atoms with Crippen LogP contribution in [0.4, 0.5) is 0 Å². The van der Waals surface area contributed by atoms with Gasteiger partial charge in [0.1, 0.15) is 6.61 Å². The molecule has 2 N–H and O–H groups in total. The van der Waals surface area contributed by atoms with E-state index in [0.717, 1.165) is 25.7 Å². The quantitative estimate of drug-likeness (QED) is 0.601. The summed E-state index contributed by atoms with van der Waals surface area (Å²) in [6.07, 6.45) is 4.86. The summed E-state index contributed by atoms with van der Waals surface area (Å²) in [5.41, 5.74) is 4.73. The molecule has 2 amide bonds. The maximum Gasteiger partial charge on any atom is 0.283 e. The van der Waals surface area contributed by atoms with E-state index in [0.29, 0.717) is 29.8 Å². The molecule has 3 atom stereocenters. The number of hydrogen-bond donors (Lipinski definition) is 2. The van der Waals surface area contributed by atoms with Crippen LogP contribution in [0.3, 0.4) is 0 Å². The van der Waals surface area contributed by atoms with Crippen molar-refractivity contribution in [2.75, 3.05) is 6.61 Å². The predicted molar refractivity (Wildman–Crippen MR) is 98.3 cm³/mol. The van der Waals surface area contributed by atoms with Crippen molar-refractivity contribution in [3.8, 4) is 11.5 Å². The van der Waals surface area contributed by atoms with Crippen LogP contribution in [0.25, 0.3) is 0 Å². The first-order valence-electron chi connectivity index (χ1n) is 9.62. The maximum atomic E-state index is 13.0. The Morgan fingerprint density at radius 2 is 1.74 bits per heavy atom. The van der Waals surface area contributed by atoms with Crippen molar-refractivity contribution in [3.05, 3.63) is 24.3 Å². The number of hydrazine groups is 1. The molecule has 1 aliphatic heterocycles. The molecule has 144 valence electrons. The van der Waals surface area contributed by atoms with Crippen molar-refractivity contribution in [1.29, 1.82) is 0 Å². The number of carbonyl (C=O) groups is 2. The van der Waals surface area contributed by atoms with Crippen LogP contribution in [-0.4, -0.2) is 29.4 Å². The second kappa shape index (κ2) is 6.03. The summed E-state index contributed by atoms with van der Waals surface area (Å²) < 4.78 is 11.2. The Hall–Kier alpha value is -1.95. The molecule has 6 nitrogen and oxygen atoms in total. The van der Waals surface area contributed by atoms with Gasteiger partial charge < -0.3 is 9.47 Å². The lowest BCUT2D eigenvalue weighted by Crippen LogP contribution is -2.61. The van der Waals surface area contributed by atoms with Crippen LogP contribution in [0.15, 0.2) is 24.3 Å². The minimum absolute atomic E-state index is 0.110. The van der Waals surface area contributed by atoms with Crippen LogP contribution in [-0.2, 0) is 9.59 Å². The number of para-hydroxylation sites is 2. The van der Waals surface area contributed by atoms with Gasteiger partial charge in [0.15, 0.2) is 11.5 Å². The van der Waals surface area contributed by atoms with Gasteiger partial charge in [-0.3, -0.25) is 20.4 Å². The number of carbonyl (C=O) groups excluding carboxylic acids is 2. The molecule has 5 aliphatic rings. The lowest BCUT2D eigenvalue weighted by atomic mass is 9.49. The fraction of sp³-hybridized carbons (Fsp3) is 0.600. The van der Waals surface area contributed by atoms with E-state index < -0.39 is 17.4 Å². The Bertz CT molecular complexity index is 784. The van der Waals surface area contributed by atoms with Gasteiger partial charge in [0.05, 0.1) is 5.41 Å². The van der Waals surface area contributed by atoms with Gasteiger partial charge in [-0.05, 0) is 62.5 Å². The van der Waals surface area contributed by atoms with Crippen LogP contribution in [0.2, 0.25) is 0 Å². The number of hydrogen-bond acceptors (Lipinski definition) is 4. The van der Waals surface area contributed by atoms with Crippen LogP contribution in [0.1, 0.15) is 38.5 Å². The first kappa shape index (κ1) is 17.2. The number of fused-ring (bicyclic) bond motifs is 1. The Labute approximate surface area is 162 Å². The minimum Gasteiger partial charge on any atom is -0.485 e. The Morgan fingerprint density at radius 3 is 2.44 bits per heavy atom. The van der Waals surface area contributed by atoms with Gasteiger partial charge in [0.25, 0.3) is 5.91 Å². The van der Waals surface area contributed by atoms with Crippen molar-refractivity contribution in [2.45, 2.75) is 49.5 Å². The fourth-order valence-corrected chi connectivity index (χ4v) is 6.59. The molecule has 27 heavy (non-hydrogen) atoms. The molecule has 7 heteroatoms. The molecule has 0 spiro atoms. The van der Waals surface area contributed by atoms with Gasteiger partial charge in [-0.15, -0.1) is 11.6 Å². The SMILES string of the molecule is O=C(NNC(=O)C12C[C@H]3C[C@@H](CC(Cl)(C3)C1)C2)[C@H]1COc2ccccc2O1. The largest absolute Gasteiger partial charge is 0.485 e. The van der Waals surface area contributed by atoms with E-state index in [1.807, 2.05) is 12.1 Å². The smallest absolute Gasteiger partial charge is 0.283 e. The summed E-state index contributed by atoms with van der Waals surface area (Å²) in [5.74, 6) is 1.66. The average molecular weight is 391 g/mol. The van der Waals surface area contributed by atoms with E-state index in [1.54, 1.807) is 12.1 Å². The molecule has 1 aromatic carbocycles. The summed E-state index contributed by atoms with van der Waals surface area (Å²) >= 11 is 6.79. The van der Waals surface area contributed by atoms with Gasteiger partial charge >= 0.3 is 0 Å². The highest BCUT2D eigenvalue weighted by Gasteiger charge is 2.60. The number of ether oxygens (including phenoxy) is 2. The molecule has 0 aromatic heterocycles. The lowest BCUT2D eigenvalue weighted by molar-refractivity contribution is -0.148. The van der Waals surface area contributed by atoms with Crippen LogP contribution in [0.5, 0.6) is 11.5 Å². The molecule has 0 unspecified atom stereocenters. The number of rotatable bonds is 2. The van der Waals surface area contributed by atoms with Crippen molar-refractivity contribution < 1.29 is 19.1 Å². The standard InChI is InChI=1S/C20H23ClN2O4/c21-20-8-12-5-13(9-20)7-19(6-12,11-20)18(25)23-22-17(24)16-10-26-14-3-1-2-4-15(14)27-16/h1-4,12-13,16H,5-11H2,(H,22,24)(H,23,25)/t12-,13-,16-,19?,20?/m1/s1. The average Bonchev–Trinajstić information content (AvgIpc) is 2.63. The normalized spacial score (nSPS) is 38.3. The Kier molecular flexibility index (Phi) is 3.83. The second-order valence-electron chi connectivity index (χ2n) is 8.70. The zero-order chi connectivity index (χ0) is 18.6. The monoisotopic (exact) mass is 390 g/mol. The van der Waals surface area contributed by atoms with Crippen molar-refractivity contribution >= 4 is 23.4 Å². The van der Waals surface area contributed by atoms with Crippen molar-refractivity contribution in [1.82, 2.24) is 10.9 Å². The Morgan fingerprint density at radius 1 is 1.04 bits per heavy atom. The molecule has 4 fully saturated rings. The van der Waals surface area contributed by atoms with Crippen molar-refractivity contribution in [3.63, 3.8) is 0 Å².